The molecule has 0 fully saturated rings. The van der Waals surface area contributed by atoms with Crippen LogP contribution in [0.25, 0.3) is 0 Å². The number of aromatic nitrogens is 2. The van der Waals surface area contributed by atoms with Crippen LogP contribution < -0.4 is 10.9 Å². The number of hydrogen-bond acceptors (Lipinski definition) is 4. The molecule has 0 saturated carbocycles. The van der Waals surface area contributed by atoms with Crippen molar-refractivity contribution in [1.82, 2.24) is 9.55 Å². The van der Waals surface area contributed by atoms with Crippen molar-refractivity contribution in [2.75, 3.05) is 5.32 Å². The minimum Gasteiger partial charge on any atom is -0.477 e. The lowest BCUT2D eigenvalue weighted by molar-refractivity contribution is -0.137. The van der Waals surface area contributed by atoms with Crippen LogP contribution in [0, 0.1) is 0 Å². The maximum absolute atomic E-state index is 12.8. The molecule has 0 amide bonds. The molecule has 3 rings (SSSR count). The Morgan fingerprint density at radius 1 is 1.28 bits per heavy atom. The highest BCUT2D eigenvalue weighted by Gasteiger charge is 2.30. The minimum absolute atomic E-state index is 0.00462. The molecule has 0 spiro atoms. The van der Waals surface area contributed by atoms with E-state index >= 15 is 0 Å². The molecular formula is C16H14F3N3O3. The van der Waals surface area contributed by atoms with Gasteiger partial charge < -0.3 is 10.4 Å². The molecule has 0 atom stereocenters. The first-order chi connectivity index (χ1) is 11.8. The molecule has 1 aromatic heterocycles. The Bertz CT molecular complexity index is 890. The van der Waals surface area contributed by atoms with Crippen molar-refractivity contribution in [2.45, 2.75) is 32.0 Å². The van der Waals surface area contributed by atoms with E-state index in [2.05, 4.69) is 10.3 Å². The average Bonchev–Trinajstić information content (AvgIpc) is 2.54. The summed E-state index contributed by atoms with van der Waals surface area (Å²) in [6.45, 7) is 0.380. The van der Waals surface area contributed by atoms with E-state index < -0.39 is 28.8 Å². The van der Waals surface area contributed by atoms with Gasteiger partial charge in [0.25, 0.3) is 5.56 Å². The lowest BCUT2D eigenvalue weighted by atomic mass is 10.1. The van der Waals surface area contributed by atoms with Crippen LogP contribution in [-0.2, 0) is 19.1 Å². The summed E-state index contributed by atoms with van der Waals surface area (Å²) in [6, 6.07) is 4.28. The number of rotatable bonds is 3. The normalized spacial score (nSPS) is 14.0. The van der Waals surface area contributed by atoms with Crippen molar-refractivity contribution < 1.29 is 23.1 Å². The second kappa shape index (κ2) is 6.23. The van der Waals surface area contributed by atoms with E-state index in [1.165, 1.54) is 16.7 Å². The molecular weight excluding hydrogens is 339 g/mol. The van der Waals surface area contributed by atoms with E-state index in [1.54, 1.807) is 0 Å². The Morgan fingerprint density at radius 3 is 2.72 bits per heavy atom. The molecule has 2 heterocycles. The first kappa shape index (κ1) is 17.0. The fourth-order valence-corrected chi connectivity index (χ4v) is 2.77. The van der Waals surface area contributed by atoms with Crippen molar-refractivity contribution in [2.24, 2.45) is 0 Å². The highest BCUT2D eigenvalue weighted by atomic mass is 19.4. The molecule has 1 aromatic carbocycles. The average molecular weight is 353 g/mol. The van der Waals surface area contributed by atoms with E-state index in [0.29, 0.717) is 18.8 Å². The van der Waals surface area contributed by atoms with E-state index in [0.717, 1.165) is 25.0 Å². The summed E-state index contributed by atoms with van der Waals surface area (Å²) < 4.78 is 39.7. The quantitative estimate of drug-likeness (QED) is 0.886. The summed E-state index contributed by atoms with van der Waals surface area (Å²) in [4.78, 5) is 28.1. The molecule has 0 unspecified atom stereocenters. The highest BCUT2D eigenvalue weighted by molar-refractivity contribution is 5.93. The predicted molar refractivity (Wildman–Crippen MR) is 83.1 cm³/mol. The summed E-state index contributed by atoms with van der Waals surface area (Å²) in [5, 5.41) is 11.9. The van der Waals surface area contributed by atoms with Crippen LogP contribution in [0.1, 0.15) is 34.6 Å². The van der Waals surface area contributed by atoms with E-state index in [1.807, 2.05) is 0 Å². The molecule has 2 N–H and O–H groups in total. The molecule has 1 aliphatic heterocycles. The first-order valence-electron chi connectivity index (χ1n) is 7.58. The second-order valence-corrected chi connectivity index (χ2v) is 5.67. The van der Waals surface area contributed by atoms with Crippen LogP contribution in [0.2, 0.25) is 0 Å². The van der Waals surface area contributed by atoms with E-state index in [-0.39, 0.29) is 11.5 Å². The number of nitrogens with zero attached hydrogens (tertiary/aromatic N) is 2. The molecule has 132 valence electrons. The van der Waals surface area contributed by atoms with E-state index in [4.69, 9.17) is 0 Å². The molecule has 0 saturated heterocycles. The van der Waals surface area contributed by atoms with Gasteiger partial charge in [0.2, 0.25) is 0 Å². The van der Waals surface area contributed by atoms with Crippen molar-refractivity contribution in [3.63, 3.8) is 0 Å². The summed E-state index contributed by atoms with van der Waals surface area (Å²) >= 11 is 0. The standard InChI is InChI=1S/C16H14F3N3O3/c17-16(18,19)9-4-3-5-10(8-9)20-13-12(15(24)25)14(23)22-7-2-1-6-11(22)21-13/h3-5,8,20H,1-2,6-7H2,(H,24,25). The molecule has 1 aliphatic rings. The van der Waals surface area contributed by atoms with Gasteiger partial charge >= 0.3 is 12.1 Å². The third kappa shape index (κ3) is 3.35. The Morgan fingerprint density at radius 2 is 2.04 bits per heavy atom. The number of carboxylic acids is 1. The molecule has 9 heteroatoms. The fourth-order valence-electron chi connectivity index (χ4n) is 2.77. The van der Waals surface area contributed by atoms with E-state index in [9.17, 15) is 27.9 Å². The highest BCUT2D eigenvalue weighted by Crippen LogP contribution is 2.31. The smallest absolute Gasteiger partial charge is 0.416 e. The number of aromatic carboxylic acids is 1. The van der Waals surface area contributed by atoms with Crippen LogP contribution in [-0.4, -0.2) is 20.6 Å². The van der Waals surface area contributed by atoms with Crippen LogP contribution in [0.4, 0.5) is 24.7 Å². The van der Waals surface area contributed by atoms with Gasteiger partial charge in [0.15, 0.2) is 11.4 Å². The largest absolute Gasteiger partial charge is 0.477 e. The summed E-state index contributed by atoms with van der Waals surface area (Å²) in [5.74, 6) is -1.30. The number of halogens is 3. The zero-order valence-electron chi connectivity index (χ0n) is 12.9. The maximum Gasteiger partial charge on any atom is 0.416 e. The zero-order valence-corrected chi connectivity index (χ0v) is 12.9. The van der Waals surface area contributed by atoms with Crippen molar-refractivity contribution in [3.8, 4) is 0 Å². The molecule has 0 aliphatic carbocycles. The van der Waals surface area contributed by atoms with Gasteiger partial charge in [0.1, 0.15) is 5.82 Å². The third-order valence-electron chi connectivity index (χ3n) is 3.95. The van der Waals surface area contributed by atoms with Crippen LogP contribution in [0.3, 0.4) is 0 Å². The topological polar surface area (TPSA) is 84.2 Å². The minimum atomic E-state index is -4.53. The fraction of sp³-hybridized carbons (Fsp3) is 0.312. The van der Waals surface area contributed by atoms with Gasteiger partial charge in [-0.3, -0.25) is 9.36 Å². The van der Waals surface area contributed by atoms with Gasteiger partial charge in [0, 0.05) is 18.7 Å². The van der Waals surface area contributed by atoms with Crippen LogP contribution in [0.5, 0.6) is 0 Å². The van der Waals surface area contributed by atoms with Gasteiger partial charge in [-0.15, -0.1) is 0 Å². The second-order valence-electron chi connectivity index (χ2n) is 5.67. The Balaban J connectivity index is 2.07. The van der Waals surface area contributed by atoms with Gasteiger partial charge in [0.05, 0.1) is 5.56 Å². The van der Waals surface area contributed by atoms with Crippen LogP contribution in [0.15, 0.2) is 29.1 Å². The van der Waals surface area contributed by atoms with Gasteiger partial charge in [-0.2, -0.15) is 13.2 Å². The SMILES string of the molecule is O=C(O)c1c(Nc2cccc(C(F)(F)F)c2)nc2n(c1=O)CCCC2. The number of fused-ring (bicyclic) bond motifs is 1. The number of nitrogens with one attached hydrogen (secondary N) is 1. The number of aryl methyl sites for hydroxylation is 1. The Hall–Kier alpha value is -2.84. The molecule has 6 nitrogen and oxygen atoms in total. The third-order valence-corrected chi connectivity index (χ3v) is 3.95. The van der Waals surface area contributed by atoms with Gasteiger partial charge in [-0.25, -0.2) is 9.78 Å². The number of carbonyl (C=O) groups is 1. The van der Waals surface area contributed by atoms with Crippen molar-refractivity contribution >= 4 is 17.5 Å². The molecule has 0 radical (unpaired) electrons. The zero-order chi connectivity index (χ0) is 18.2. The van der Waals surface area contributed by atoms with Crippen molar-refractivity contribution in [1.29, 1.82) is 0 Å². The Kier molecular flexibility index (Phi) is 4.23. The summed E-state index contributed by atoms with van der Waals surface area (Å²) in [5.41, 5.74) is -2.16. The number of carboxylic acid groups (broad SMARTS) is 1. The predicted octanol–water partition coefficient (Wildman–Crippen LogP) is 3.04. The molecule has 2 aromatic rings. The number of benzene rings is 1. The van der Waals surface area contributed by atoms with Gasteiger partial charge in [-0.05, 0) is 31.0 Å². The monoisotopic (exact) mass is 353 g/mol. The lowest BCUT2D eigenvalue weighted by Crippen LogP contribution is -2.33. The number of hydrogen-bond donors (Lipinski definition) is 2. The summed E-state index contributed by atoms with van der Waals surface area (Å²) in [6.07, 6.45) is -2.47. The van der Waals surface area contributed by atoms with Crippen LogP contribution >= 0.6 is 0 Å². The molecule has 0 bridgehead atoms. The first-order valence-corrected chi connectivity index (χ1v) is 7.58. The molecule has 25 heavy (non-hydrogen) atoms. The number of anilines is 2. The summed E-state index contributed by atoms with van der Waals surface area (Å²) in [7, 11) is 0. The van der Waals surface area contributed by atoms with Gasteiger partial charge in [-0.1, -0.05) is 6.07 Å². The number of alkyl halides is 3. The Labute approximate surface area is 139 Å². The van der Waals surface area contributed by atoms with Crippen molar-refractivity contribution in [3.05, 3.63) is 51.6 Å². The lowest BCUT2D eigenvalue weighted by Gasteiger charge is -2.20. The maximum atomic E-state index is 12.8.